The molecule has 0 radical (unpaired) electrons. The average Bonchev–Trinajstić information content (AvgIpc) is 2.46. The molecule has 0 saturated carbocycles. The largest absolute Gasteiger partial charge is 0.493 e. The van der Waals surface area contributed by atoms with E-state index in [0.717, 1.165) is 24.3 Å². The predicted octanol–water partition coefficient (Wildman–Crippen LogP) is 4.07. The van der Waals surface area contributed by atoms with E-state index in [2.05, 4.69) is 6.92 Å². The van der Waals surface area contributed by atoms with Crippen LogP contribution in [-0.4, -0.2) is 18.7 Å². The summed E-state index contributed by atoms with van der Waals surface area (Å²) >= 11 is 4.95. The number of benzene rings is 1. The van der Waals surface area contributed by atoms with Gasteiger partial charge in [-0.3, -0.25) is 0 Å². The zero-order valence-corrected chi connectivity index (χ0v) is 13.3. The van der Waals surface area contributed by atoms with Crippen molar-refractivity contribution in [3.8, 4) is 11.5 Å². The highest BCUT2D eigenvalue weighted by Gasteiger charge is 2.07. The second-order valence-corrected chi connectivity index (χ2v) is 5.29. The highest BCUT2D eigenvalue weighted by Crippen LogP contribution is 2.28. The van der Waals surface area contributed by atoms with Crippen molar-refractivity contribution in [1.82, 2.24) is 0 Å². The van der Waals surface area contributed by atoms with Crippen molar-refractivity contribution < 1.29 is 9.47 Å². The maximum atomic E-state index is 5.76. The molecule has 0 bridgehead atoms. The summed E-state index contributed by atoms with van der Waals surface area (Å²) < 4.78 is 11.1. The van der Waals surface area contributed by atoms with Gasteiger partial charge in [-0.15, -0.1) is 0 Å². The summed E-state index contributed by atoms with van der Waals surface area (Å²) in [7, 11) is 1.62. The first-order valence-corrected chi connectivity index (χ1v) is 7.70. The van der Waals surface area contributed by atoms with Crippen LogP contribution in [0.15, 0.2) is 18.2 Å². The SMILES string of the molecule is CCCCCCCCOc1ccc(C(N)=S)cc1OC. The Kier molecular flexibility index (Phi) is 8.04. The standard InChI is InChI=1S/C16H25NO2S/c1-3-4-5-6-7-8-11-19-14-10-9-13(16(17)20)12-15(14)18-2/h9-10,12H,3-8,11H2,1-2H3,(H2,17,20). The fourth-order valence-electron chi connectivity index (χ4n) is 2.00. The Labute approximate surface area is 127 Å². The van der Waals surface area contributed by atoms with E-state index >= 15 is 0 Å². The lowest BCUT2D eigenvalue weighted by molar-refractivity contribution is 0.284. The van der Waals surface area contributed by atoms with Crippen LogP contribution in [0, 0.1) is 0 Å². The normalized spacial score (nSPS) is 10.3. The Bertz CT molecular complexity index is 421. The van der Waals surface area contributed by atoms with Gasteiger partial charge in [0.1, 0.15) is 4.99 Å². The average molecular weight is 295 g/mol. The summed E-state index contributed by atoms with van der Waals surface area (Å²) in [5.41, 5.74) is 6.40. The van der Waals surface area contributed by atoms with Crippen molar-refractivity contribution in [2.24, 2.45) is 5.73 Å². The van der Waals surface area contributed by atoms with Crippen molar-refractivity contribution in [3.05, 3.63) is 23.8 Å². The number of thiocarbonyl (C=S) groups is 1. The van der Waals surface area contributed by atoms with Gasteiger partial charge < -0.3 is 15.2 Å². The first-order chi connectivity index (χ1) is 9.69. The van der Waals surface area contributed by atoms with Gasteiger partial charge in [0.05, 0.1) is 13.7 Å². The van der Waals surface area contributed by atoms with E-state index in [4.69, 9.17) is 27.4 Å². The molecule has 0 aliphatic carbocycles. The van der Waals surface area contributed by atoms with Crippen LogP contribution >= 0.6 is 12.2 Å². The highest BCUT2D eigenvalue weighted by molar-refractivity contribution is 7.80. The number of unbranched alkanes of at least 4 members (excludes halogenated alkanes) is 5. The molecule has 112 valence electrons. The van der Waals surface area contributed by atoms with Gasteiger partial charge in [0.15, 0.2) is 11.5 Å². The molecule has 0 atom stereocenters. The van der Waals surface area contributed by atoms with Gasteiger partial charge in [-0.25, -0.2) is 0 Å². The number of methoxy groups -OCH3 is 1. The minimum atomic E-state index is 0.366. The Morgan fingerprint density at radius 1 is 1.10 bits per heavy atom. The summed E-state index contributed by atoms with van der Waals surface area (Å²) in [6.07, 6.45) is 7.51. The van der Waals surface area contributed by atoms with E-state index in [0.29, 0.717) is 10.7 Å². The Hall–Kier alpha value is -1.29. The topological polar surface area (TPSA) is 44.5 Å². The van der Waals surface area contributed by atoms with E-state index in [1.807, 2.05) is 18.2 Å². The van der Waals surface area contributed by atoms with Gasteiger partial charge in [0, 0.05) is 5.56 Å². The van der Waals surface area contributed by atoms with E-state index in [9.17, 15) is 0 Å². The van der Waals surface area contributed by atoms with Crippen molar-refractivity contribution in [3.63, 3.8) is 0 Å². The first kappa shape index (κ1) is 16.8. The lowest BCUT2D eigenvalue weighted by Crippen LogP contribution is -2.09. The fourth-order valence-corrected chi connectivity index (χ4v) is 2.13. The minimum Gasteiger partial charge on any atom is -0.493 e. The molecule has 0 aliphatic rings. The Morgan fingerprint density at radius 3 is 2.45 bits per heavy atom. The molecule has 1 aromatic rings. The third-order valence-corrected chi connectivity index (χ3v) is 3.44. The zero-order valence-electron chi connectivity index (χ0n) is 12.5. The predicted molar refractivity (Wildman–Crippen MR) is 87.8 cm³/mol. The Balaban J connectivity index is 2.38. The van der Waals surface area contributed by atoms with Crippen molar-refractivity contribution >= 4 is 17.2 Å². The number of hydrogen-bond acceptors (Lipinski definition) is 3. The molecule has 1 aromatic carbocycles. The van der Waals surface area contributed by atoms with E-state index in [1.165, 1.54) is 32.1 Å². The maximum absolute atomic E-state index is 5.76. The molecule has 0 saturated heterocycles. The molecular weight excluding hydrogens is 270 g/mol. The number of ether oxygens (including phenoxy) is 2. The van der Waals surface area contributed by atoms with Crippen LogP contribution in [0.1, 0.15) is 51.0 Å². The van der Waals surface area contributed by atoms with E-state index < -0.39 is 0 Å². The van der Waals surface area contributed by atoms with Gasteiger partial charge in [-0.05, 0) is 24.6 Å². The second-order valence-electron chi connectivity index (χ2n) is 4.85. The molecule has 2 N–H and O–H groups in total. The molecule has 20 heavy (non-hydrogen) atoms. The molecule has 0 unspecified atom stereocenters. The molecule has 0 heterocycles. The third kappa shape index (κ3) is 5.78. The zero-order chi connectivity index (χ0) is 14.8. The summed E-state index contributed by atoms with van der Waals surface area (Å²) in [6.45, 7) is 2.95. The van der Waals surface area contributed by atoms with Gasteiger partial charge in [0.2, 0.25) is 0 Å². The lowest BCUT2D eigenvalue weighted by Gasteiger charge is -2.11. The molecule has 4 heteroatoms. The molecular formula is C16H25NO2S. The Morgan fingerprint density at radius 2 is 1.80 bits per heavy atom. The summed E-state index contributed by atoms with van der Waals surface area (Å²) in [5, 5.41) is 0. The fraction of sp³-hybridized carbons (Fsp3) is 0.562. The maximum Gasteiger partial charge on any atom is 0.161 e. The molecule has 1 rings (SSSR count). The van der Waals surface area contributed by atoms with Crippen LogP contribution in [0.2, 0.25) is 0 Å². The third-order valence-electron chi connectivity index (χ3n) is 3.20. The van der Waals surface area contributed by atoms with Crippen LogP contribution in [0.25, 0.3) is 0 Å². The quantitative estimate of drug-likeness (QED) is 0.522. The van der Waals surface area contributed by atoms with Crippen molar-refractivity contribution in [1.29, 1.82) is 0 Å². The van der Waals surface area contributed by atoms with Crippen LogP contribution in [0.5, 0.6) is 11.5 Å². The van der Waals surface area contributed by atoms with E-state index in [1.54, 1.807) is 7.11 Å². The van der Waals surface area contributed by atoms with E-state index in [-0.39, 0.29) is 0 Å². The van der Waals surface area contributed by atoms with Crippen LogP contribution in [0.3, 0.4) is 0 Å². The van der Waals surface area contributed by atoms with Crippen molar-refractivity contribution in [2.75, 3.05) is 13.7 Å². The van der Waals surface area contributed by atoms with Gasteiger partial charge in [0.25, 0.3) is 0 Å². The first-order valence-electron chi connectivity index (χ1n) is 7.29. The van der Waals surface area contributed by atoms with Gasteiger partial charge >= 0.3 is 0 Å². The van der Waals surface area contributed by atoms with Crippen molar-refractivity contribution in [2.45, 2.75) is 45.4 Å². The number of nitrogens with two attached hydrogens (primary N) is 1. The molecule has 0 amide bonds. The number of rotatable bonds is 10. The van der Waals surface area contributed by atoms with Crippen LogP contribution in [0.4, 0.5) is 0 Å². The summed E-state index contributed by atoms with van der Waals surface area (Å²) in [6, 6.07) is 5.55. The smallest absolute Gasteiger partial charge is 0.161 e. The summed E-state index contributed by atoms with van der Waals surface area (Å²) in [5.74, 6) is 1.43. The van der Waals surface area contributed by atoms with Gasteiger partial charge in [-0.1, -0.05) is 51.2 Å². The molecule has 3 nitrogen and oxygen atoms in total. The monoisotopic (exact) mass is 295 g/mol. The molecule has 0 fully saturated rings. The number of hydrogen-bond donors (Lipinski definition) is 1. The second kappa shape index (κ2) is 9.59. The van der Waals surface area contributed by atoms with Crippen LogP contribution < -0.4 is 15.2 Å². The lowest BCUT2D eigenvalue weighted by atomic mass is 10.1. The highest BCUT2D eigenvalue weighted by atomic mass is 32.1. The van der Waals surface area contributed by atoms with Gasteiger partial charge in [-0.2, -0.15) is 0 Å². The minimum absolute atomic E-state index is 0.366. The molecule has 0 spiro atoms. The summed E-state index contributed by atoms with van der Waals surface area (Å²) in [4.78, 5) is 0.366. The van der Waals surface area contributed by atoms with Crippen LogP contribution in [-0.2, 0) is 0 Å². The molecule has 0 aromatic heterocycles. The molecule has 0 aliphatic heterocycles.